The normalized spacial score (nSPS) is 18.4. The molecule has 0 bridgehead atoms. The number of likely N-dealkylation sites (tertiary alicyclic amines) is 1. The number of ether oxygens (including phenoxy) is 4. The molecule has 0 saturated carbocycles. The van der Waals surface area contributed by atoms with Crippen LogP contribution in [0, 0.1) is 5.82 Å². The van der Waals surface area contributed by atoms with Gasteiger partial charge in [-0.1, -0.05) is 0 Å². The van der Waals surface area contributed by atoms with E-state index >= 15 is 0 Å². The Bertz CT molecular complexity index is 1300. The largest absolute Gasteiger partial charge is 0.473 e. The molecule has 1 aromatic carbocycles. The SMILES string of the molecule is CC(C)OC(=O)N1CCC(Oc2ncnc(Oc3ccc(S(C)(=O)=O)cc3F)c2C2=NCC(N)O2)CC1. The number of carbonyl (C=O) groups is 1. The van der Waals surface area contributed by atoms with Crippen molar-refractivity contribution >= 4 is 21.8 Å². The van der Waals surface area contributed by atoms with Crippen LogP contribution in [0.4, 0.5) is 9.18 Å². The molecular formula is C23H28FN5O7S. The van der Waals surface area contributed by atoms with Crippen LogP contribution < -0.4 is 15.2 Å². The minimum absolute atomic E-state index is 0.0733. The molecule has 37 heavy (non-hydrogen) atoms. The van der Waals surface area contributed by atoms with Crippen molar-refractivity contribution in [1.82, 2.24) is 14.9 Å². The third-order valence-electron chi connectivity index (χ3n) is 5.52. The second kappa shape index (κ2) is 10.8. The van der Waals surface area contributed by atoms with E-state index in [1.807, 2.05) is 0 Å². The van der Waals surface area contributed by atoms with Gasteiger partial charge in [0.2, 0.25) is 17.7 Å². The highest BCUT2D eigenvalue weighted by Crippen LogP contribution is 2.34. The minimum Gasteiger partial charge on any atom is -0.473 e. The smallest absolute Gasteiger partial charge is 0.410 e. The number of aromatic nitrogens is 2. The lowest BCUT2D eigenvalue weighted by atomic mass is 10.1. The fourth-order valence-electron chi connectivity index (χ4n) is 3.72. The number of hydrogen-bond donors (Lipinski definition) is 1. The molecule has 1 aromatic heterocycles. The second-order valence-corrected chi connectivity index (χ2v) is 10.9. The van der Waals surface area contributed by atoms with Crippen LogP contribution in [-0.2, 0) is 19.3 Å². The Balaban J connectivity index is 1.57. The third-order valence-corrected chi connectivity index (χ3v) is 6.63. The van der Waals surface area contributed by atoms with Crippen molar-refractivity contribution in [2.24, 2.45) is 10.7 Å². The number of nitrogens with zero attached hydrogens (tertiary/aromatic N) is 4. The van der Waals surface area contributed by atoms with Gasteiger partial charge >= 0.3 is 6.09 Å². The minimum atomic E-state index is -3.61. The Labute approximate surface area is 213 Å². The number of rotatable bonds is 7. The van der Waals surface area contributed by atoms with Crippen LogP contribution in [0.5, 0.6) is 17.5 Å². The van der Waals surface area contributed by atoms with Crippen LogP contribution in [0.25, 0.3) is 0 Å². The van der Waals surface area contributed by atoms with Crippen molar-refractivity contribution in [2.75, 3.05) is 25.9 Å². The maximum absolute atomic E-state index is 14.7. The maximum Gasteiger partial charge on any atom is 0.410 e. The predicted molar refractivity (Wildman–Crippen MR) is 129 cm³/mol. The average molecular weight is 538 g/mol. The van der Waals surface area contributed by atoms with Crippen LogP contribution in [0.1, 0.15) is 32.3 Å². The molecule has 2 aromatic rings. The van der Waals surface area contributed by atoms with Gasteiger partial charge in [0.1, 0.15) is 12.4 Å². The third kappa shape index (κ3) is 6.43. The first-order chi connectivity index (χ1) is 17.5. The summed E-state index contributed by atoms with van der Waals surface area (Å²) in [5.41, 5.74) is 5.98. The number of sulfone groups is 1. The van der Waals surface area contributed by atoms with E-state index in [1.54, 1.807) is 18.7 Å². The highest BCUT2D eigenvalue weighted by atomic mass is 32.2. The van der Waals surface area contributed by atoms with Gasteiger partial charge in [-0.3, -0.25) is 5.73 Å². The number of halogens is 1. The van der Waals surface area contributed by atoms with Gasteiger partial charge in [-0.05, 0) is 32.0 Å². The van der Waals surface area contributed by atoms with Gasteiger partial charge in [0, 0.05) is 32.2 Å². The number of amides is 1. The summed E-state index contributed by atoms with van der Waals surface area (Å²) in [6.45, 7) is 4.61. The summed E-state index contributed by atoms with van der Waals surface area (Å²) in [5, 5.41) is 0. The molecule has 2 aliphatic heterocycles. The topological polar surface area (TPSA) is 156 Å². The lowest BCUT2D eigenvalue weighted by Crippen LogP contribution is -2.42. The Hall–Kier alpha value is -3.52. The molecular weight excluding hydrogens is 509 g/mol. The van der Waals surface area contributed by atoms with Crippen molar-refractivity contribution in [1.29, 1.82) is 0 Å². The molecule has 200 valence electrons. The van der Waals surface area contributed by atoms with E-state index in [9.17, 15) is 17.6 Å². The molecule has 1 atom stereocenters. The van der Waals surface area contributed by atoms with E-state index in [2.05, 4.69) is 15.0 Å². The van der Waals surface area contributed by atoms with Crippen LogP contribution >= 0.6 is 0 Å². The monoisotopic (exact) mass is 537 g/mol. The van der Waals surface area contributed by atoms with Gasteiger partial charge in [-0.15, -0.1) is 0 Å². The summed E-state index contributed by atoms with van der Waals surface area (Å²) in [6, 6.07) is 3.28. The van der Waals surface area contributed by atoms with Crippen molar-refractivity contribution in [3.05, 3.63) is 35.9 Å². The zero-order valence-corrected chi connectivity index (χ0v) is 21.4. The molecule has 2 N–H and O–H groups in total. The number of benzene rings is 1. The Morgan fingerprint density at radius 3 is 2.51 bits per heavy atom. The second-order valence-electron chi connectivity index (χ2n) is 8.86. The van der Waals surface area contributed by atoms with E-state index < -0.39 is 21.9 Å². The zero-order valence-electron chi connectivity index (χ0n) is 20.6. The van der Waals surface area contributed by atoms with Crippen molar-refractivity contribution in [3.63, 3.8) is 0 Å². The van der Waals surface area contributed by atoms with Gasteiger partial charge in [0.25, 0.3) is 0 Å². The first-order valence-electron chi connectivity index (χ1n) is 11.6. The van der Waals surface area contributed by atoms with Crippen molar-refractivity contribution < 1.29 is 36.6 Å². The molecule has 2 aliphatic rings. The number of aliphatic imine (C=N–C) groups is 1. The molecule has 1 saturated heterocycles. The molecule has 3 heterocycles. The summed E-state index contributed by atoms with van der Waals surface area (Å²) in [5.74, 6) is -1.11. The van der Waals surface area contributed by atoms with E-state index in [4.69, 9.17) is 24.7 Å². The van der Waals surface area contributed by atoms with Crippen molar-refractivity contribution in [2.45, 2.75) is 50.0 Å². The van der Waals surface area contributed by atoms with Gasteiger partial charge in [-0.2, -0.15) is 0 Å². The first kappa shape index (κ1) is 26.5. The first-order valence-corrected chi connectivity index (χ1v) is 13.5. The highest BCUT2D eigenvalue weighted by molar-refractivity contribution is 7.90. The Morgan fingerprint density at radius 1 is 1.22 bits per heavy atom. The summed E-state index contributed by atoms with van der Waals surface area (Å²) in [7, 11) is -3.61. The number of piperidine rings is 1. The Morgan fingerprint density at radius 2 is 1.92 bits per heavy atom. The Kier molecular flexibility index (Phi) is 7.78. The number of nitrogens with two attached hydrogens (primary N) is 1. The average Bonchev–Trinajstić information content (AvgIpc) is 3.25. The summed E-state index contributed by atoms with van der Waals surface area (Å²) in [4.78, 5) is 26.2. The summed E-state index contributed by atoms with van der Waals surface area (Å²) in [6.07, 6.45) is 1.60. The summed E-state index contributed by atoms with van der Waals surface area (Å²) >= 11 is 0. The fourth-order valence-corrected chi connectivity index (χ4v) is 4.35. The van der Waals surface area contributed by atoms with Gasteiger partial charge in [0.05, 0.1) is 17.5 Å². The lowest BCUT2D eigenvalue weighted by Gasteiger charge is -2.32. The van der Waals surface area contributed by atoms with Crippen LogP contribution in [0.2, 0.25) is 0 Å². The zero-order chi connectivity index (χ0) is 26.7. The quantitative estimate of drug-likeness (QED) is 0.556. The van der Waals surface area contributed by atoms with Gasteiger partial charge < -0.3 is 23.8 Å². The van der Waals surface area contributed by atoms with Crippen LogP contribution in [0.3, 0.4) is 0 Å². The van der Waals surface area contributed by atoms with E-state index in [0.717, 1.165) is 12.3 Å². The lowest BCUT2D eigenvalue weighted by molar-refractivity contribution is 0.0505. The molecule has 0 aliphatic carbocycles. The molecule has 0 spiro atoms. The predicted octanol–water partition coefficient (Wildman–Crippen LogP) is 2.26. The maximum atomic E-state index is 14.7. The molecule has 4 rings (SSSR count). The van der Waals surface area contributed by atoms with Crippen LogP contribution in [-0.4, -0.2) is 79.6 Å². The van der Waals surface area contributed by atoms with Gasteiger partial charge in [-0.25, -0.2) is 32.6 Å². The molecule has 1 fully saturated rings. The van der Waals surface area contributed by atoms with E-state index in [1.165, 1.54) is 18.5 Å². The van der Waals surface area contributed by atoms with Gasteiger partial charge in [0.15, 0.2) is 33.2 Å². The molecule has 12 nitrogen and oxygen atoms in total. The standard InChI is InChI=1S/C23H28FN5O7S/c1-13(2)33-23(30)29-8-6-14(7-9-29)34-21-19(20-26-11-18(25)36-20)22(28-12-27-21)35-17-5-4-15(10-16(17)24)37(3,31)32/h4-5,10,12-14,18H,6-9,11,25H2,1-3H3. The summed E-state index contributed by atoms with van der Waals surface area (Å²) < 4.78 is 60.8. The van der Waals surface area contributed by atoms with E-state index in [0.29, 0.717) is 25.9 Å². The molecule has 14 heteroatoms. The van der Waals surface area contributed by atoms with E-state index in [-0.39, 0.29) is 58.7 Å². The number of hydrogen-bond acceptors (Lipinski definition) is 11. The molecule has 1 unspecified atom stereocenters. The fraction of sp³-hybridized carbons (Fsp3) is 0.478. The number of carbonyl (C=O) groups excluding carboxylic acids is 1. The molecule has 1 amide bonds. The van der Waals surface area contributed by atoms with Crippen LogP contribution in [0.15, 0.2) is 34.4 Å². The highest BCUT2D eigenvalue weighted by Gasteiger charge is 2.31. The van der Waals surface area contributed by atoms with Crippen molar-refractivity contribution in [3.8, 4) is 17.5 Å². The molecule has 0 radical (unpaired) electrons.